The molecule has 37 heavy (non-hydrogen) atoms. The van der Waals surface area contributed by atoms with Gasteiger partial charge in [-0.2, -0.15) is 0 Å². The largest absolute Gasteiger partial charge is 0.459 e. The lowest BCUT2D eigenvalue weighted by molar-refractivity contribution is -0.158. The van der Waals surface area contributed by atoms with Crippen LogP contribution in [0, 0.1) is 17.6 Å². The zero-order chi connectivity index (χ0) is 27.2. The number of nitrogens with two attached hydrogens (primary N) is 1. The second-order valence-corrected chi connectivity index (χ2v) is 10.3. The smallest absolute Gasteiger partial charge is 0.323 e. The van der Waals surface area contributed by atoms with Crippen molar-refractivity contribution in [1.82, 2.24) is 15.3 Å². The Hall–Kier alpha value is -3.59. The first kappa shape index (κ1) is 28.0. The van der Waals surface area contributed by atoms with Gasteiger partial charge < -0.3 is 21.1 Å². The molecule has 0 radical (unpaired) electrons. The zero-order valence-corrected chi connectivity index (χ0v) is 21.9. The van der Waals surface area contributed by atoms with E-state index in [1.165, 1.54) is 18.2 Å². The van der Waals surface area contributed by atoms with Crippen molar-refractivity contribution < 1.29 is 18.3 Å². The Balaban J connectivity index is 1.68. The van der Waals surface area contributed by atoms with Gasteiger partial charge in [-0.3, -0.25) is 4.79 Å². The zero-order valence-electron chi connectivity index (χ0n) is 21.9. The molecule has 1 atom stereocenters. The quantitative estimate of drug-likeness (QED) is 0.311. The number of carbonyl (C=O) groups is 1. The van der Waals surface area contributed by atoms with E-state index in [4.69, 9.17) is 10.5 Å². The number of hydrogen-bond donors (Lipinski definition) is 3. The molecule has 0 spiro atoms. The van der Waals surface area contributed by atoms with Crippen molar-refractivity contribution in [2.75, 3.05) is 11.1 Å². The molecule has 0 saturated carbocycles. The molecule has 7 nitrogen and oxygen atoms in total. The van der Waals surface area contributed by atoms with Gasteiger partial charge in [0.2, 0.25) is 0 Å². The van der Waals surface area contributed by atoms with E-state index < -0.39 is 23.3 Å². The number of halogens is 2. The van der Waals surface area contributed by atoms with Gasteiger partial charge in [0.1, 0.15) is 23.3 Å². The molecule has 1 aromatic heterocycles. The Kier molecular flexibility index (Phi) is 9.15. The summed E-state index contributed by atoms with van der Waals surface area (Å²) < 4.78 is 33.5. The summed E-state index contributed by atoms with van der Waals surface area (Å²) in [6, 6.07) is 10.9. The maximum atomic E-state index is 13.9. The number of carbonyl (C=O) groups excluding carboxylic acids is 1. The summed E-state index contributed by atoms with van der Waals surface area (Å²) in [4.78, 5) is 21.3. The molecule has 9 heteroatoms. The minimum atomic E-state index is -0.651. The number of aromatic nitrogens is 2. The monoisotopic (exact) mass is 511 g/mol. The highest BCUT2D eigenvalue weighted by molar-refractivity contribution is 5.76. The van der Waals surface area contributed by atoms with Crippen LogP contribution in [-0.2, 0) is 22.6 Å². The van der Waals surface area contributed by atoms with Crippen LogP contribution in [0.2, 0.25) is 0 Å². The molecule has 0 saturated heterocycles. The maximum absolute atomic E-state index is 13.9. The molecular weight excluding hydrogens is 476 g/mol. The maximum Gasteiger partial charge on any atom is 0.323 e. The summed E-state index contributed by atoms with van der Waals surface area (Å²) in [6.07, 6.45) is 2.21. The van der Waals surface area contributed by atoms with E-state index in [2.05, 4.69) is 34.4 Å². The second kappa shape index (κ2) is 12.1. The highest BCUT2D eigenvalue weighted by Gasteiger charge is 2.25. The van der Waals surface area contributed by atoms with Crippen LogP contribution in [0.1, 0.15) is 52.2 Å². The summed E-state index contributed by atoms with van der Waals surface area (Å²) in [5, 5.41) is 6.19. The van der Waals surface area contributed by atoms with Gasteiger partial charge in [0.05, 0.1) is 11.9 Å². The van der Waals surface area contributed by atoms with Crippen LogP contribution in [0.15, 0.2) is 48.7 Å². The minimum absolute atomic E-state index is 0.104. The molecule has 3 rings (SSSR count). The van der Waals surface area contributed by atoms with Gasteiger partial charge in [0.15, 0.2) is 11.6 Å². The summed E-state index contributed by atoms with van der Waals surface area (Å²) in [6.45, 7) is 10.1. The molecule has 2 aromatic carbocycles. The van der Waals surface area contributed by atoms with E-state index in [9.17, 15) is 13.6 Å². The van der Waals surface area contributed by atoms with E-state index in [0.29, 0.717) is 24.6 Å². The van der Waals surface area contributed by atoms with Crippen molar-refractivity contribution in [2.45, 2.75) is 65.8 Å². The lowest BCUT2D eigenvalue weighted by atomic mass is 10.0. The lowest BCUT2D eigenvalue weighted by Crippen LogP contribution is -2.41. The highest BCUT2D eigenvalue weighted by atomic mass is 19.1. The first-order valence-corrected chi connectivity index (χ1v) is 12.3. The van der Waals surface area contributed by atoms with Gasteiger partial charge in [-0.05, 0) is 50.8 Å². The number of benzene rings is 2. The fourth-order valence-electron chi connectivity index (χ4n) is 3.68. The highest BCUT2D eigenvalue weighted by Crippen LogP contribution is 2.23. The Morgan fingerprint density at radius 2 is 1.70 bits per heavy atom. The molecule has 0 unspecified atom stereocenters. The van der Waals surface area contributed by atoms with Crippen LogP contribution in [0.25, 0.3) is 11.3 Å². The van der Waals surface area contributed by atoms with Crippen LogP contribution in [-0.4, -0.2) is 27.6 Å². The van der Waals surface area contributed by atoms with Crippen molar-refractivity contribution >= 4 is 17.6 Å². The molecule has 0 aliphatic heterocycles. The molecule has 198 valence electrons. The van der Waals surface area contributed by atoms with Gasteiger partial charge in [-0.15, -0.1) is 0 Å². The van der Waals surface area contributed by atoms with E-state index in [1.807, 2.05) is 45.0 Å². The minimum Gasteiger partial charge on any atom is -0.459 e. The van der Waals surface area contributed by atoms with Crippen LogP contribution in [0.3, 0.4) is 0 Å². The van der Waals surface area contributed by atoms with Gasteiger partial charge in [0, 0.05) is 24.2 Å². The summed E-state index contributed by atoms with van der Waals surface area (Å²) in [5.41, 5.74) is 7.61. The molecule has 0 bridgehead atoms. The van der Waals surface area contributed by atoms with Gasteiger partial charge in [-0.1, -0.05) is 44.2 Å². The van der Waals surface area contributed by atoms with E-state index >= 15 is 0 Å². The van der Waals surface area contributed by atoms with Gasteiger partial charge in [0.25, 0.3) is 0 Å². The van der Waals surface area contributed by atoms with Crippen molar-refractivity contribution in [2.24, 2.45) is 5.92 Å². The Morgan fingerprint density at radius 3 is 2.30 bits per heavy atom. The lowest BCUT2D eigenvalue weighted by Gasteiger charge is -2.25. The molecule has 0 aliphatic rings. The van der Waals surface area contributed by atoms with Gasteiger partial charge in [-0.25, -0.2) is 18.7 Å². The van der Waals surface area contributed by atoms with Crippen LogP contribution >= 0.6 is 0 Å². The van der Waals surface area contributed by atoms with Gasteiger partial charge >= 0.3 is 5.97 Å². The van der Waals surface area contributed by atoms with Crippen LogP contribution < -0.4 is 16.4 Å². The fraction of sp³-hybridized carbons (Fsp3) is 0.393. The molecule has 4 N–H and O–H groups in total. The topological polar surface area (TPSA) is 102 Å². The van der Waals surface area contributed by atoms with Crippen LogP contribution in [0.4, 0.5) is 20.4 Å². The summed E-state index contributed by atoms with van der Waals surface area (Å²) >= 11 is 0. The summed E-state index contributed by atoms with van der Waals surface area (Å²) in [7, 11) is 0. The Bertz CT molecular complexity index is 1190. The first-order valence-electron chi connectivity index (χ1n) is 12.3. The van der Waals surface area contributed by atoms with E-state index in [-0.39, 0.29) is 29.7 Å². The number of nitrogens with one attached hydrogen (secondary N) is 2. The summed E-state index contributed by atoms with van der Waals surface area (Å²) in [5.74, 6) is -0.873. The number of anilines is 2. The molecule has 0 amide bonds. The molecule has 1 heterocycles. The van der Waals surface area contributed by atoms with Crippen molar-refractivity contribution in [3.8, 4) is 11.3 Å². The molecule has 3 aromatic rings. The third-order valence-electron chi connectivity index (χ3n) is 5.50. The number of ether oxygens (including phenoxy) is 1. The Labute approximate surface area is 216 Å². The van der Waals surface area contributed by atoms with E-state index in [1.54, 1.807) is 6.20 Å². The standard InChI is InChI=1S/C28H35F2N5O2/c1-17(2)13-23(27(36)37-28(3,4)5)32-14-18-9-11-19(12-10-18)24-16-33-25(31)26(35-24)34-15-20-21(29)7-6-8-22(20)30/h6-12,16-17,23,32H,13-15H2,1-5H3,(H2,31,33)(H,34,35)/t23-/m0/s1. The number of esters is 1. The van der Waals surface area contributed by atoms with Crippen molar-refractivity contribution in [1.29, 1.82) is 0 Å². The first-order chi connectivity index (χ1) is 17.4. The number of nitrogens with zero attached hydrogens (tertiary/aromatic N) is 2. The van der Waals surface area contributed by atoms with Crippen molar-refractivity contribution in [3.63, 3.8) is 0 Å². The SMILES string of the molecule is CC(C)C[C@H](NCc1ccc(-c2cnc(N)c(NCc3c(F)cccc3F)n2)cc1)C(=O)OC(C)(C)C. The fourth-order valence-corrected chi connectivity index (χ4v) is 3.68. The molecular formula is C28H35F2N5O2. The second-order valence-electron chi connectivity index (χ2n) is 10.3. The predicted molar refractivity (Wildman–Crippen MR) is 141 cm³/mol. The van der Waals surface area contributed by atoms with Crippen molar-refractivity contribution in [3.05, 3.63) is 71.4 Å². The molecule has 0 aliphatic carbocycles. The predicted octanol–water partition coefficient (Wildman–Crippen LogP) is 5.46. The average molecular weight is 512 g/mol. The number of nitrogen functional groups attached to an aromatic ring is 1. The molecule has 0 fully saturated rings. The third kappa shape index (κ3) is 8.21. The number of hydrogen-bond acceptors (Lipinski definition) is 7. The van der Waals surface area contributed by atoms with E-state index in [0.717, 1.165) is 11.1 Å². The van der Waals surface area contributed by atoms with Crippen LogP contribution in [0.5, 0.6) is 0 Å². The Morgan fingerprint density at radius 1 is 1.05 bits per heavy atom. The average Bonchev–Trinajstić information content (AvgIpc) is 2.81. The number of rotatable bonds is 10. The third-order valence-corrected chi connectivity index (χ3v) is 5.50. The normalized spacial score (nSPS) is 12.4.